The number of nitrogens with zero attached hydrogens (tertiary/aromatic N) is 2. The van der Waals surface area contributed by atoms with Gasteiger partial charge in [0.2, 0.25) is 0 Å². The van der Waals surface area contributed by atoms with Crippen LogP contribution in [0.25, 0.3) is 0 Å². The minimum absolute atomic E-state index is 0.378. The number of guanidine groups is 1. The van der Waals surface area contributed by atoms with E-state index in [0.717, 1.165) is 12.8 Å². The normalized spacial score (nSPS) is 17.6. The van der Waals surface area contributed by atoms with Crippen LogP contribution in [0.1, 0.15) is 44.9 Å². The van der Waals surface area contributed by atoms with Gasteiger partial charge in [-0.1, -0.05) is 25.7 Å². The molecular weight excluding hydrogens is 333 g/mol. The summed E-state index contributed by atoms with van der Waals surface area (Å²) in [4.78, 5) is 5.38. The van der Waals surface area contributed by atoms with E-state index in [9.17, 15) is 13.2 Å². The van der Waals surface area contributed by atoms with Crippen LogP contribution in [0.15, 0.2) is 4.99 Å². The number of halogens is 3. The lowest BCUT2D eigenvalue weighted by Crippen LogP contribution is -2.40. The number of rotatable bonds is 9. The SMILES string of the molecule is CN=C(NCCCN(C)CC(F)(F)F)NCCOC1CCCCCC1. The van der Waals surface area contributed by atoms with Crippen LogP contribution in [0, 0.1) is 0 Å². The zero-order valence-electron chi connectivity index (χ0n) is 15.5. The summed E-state index contributed by atoms with van der Waals surface area (Å²) >= 11 is 0. The average molecular weight is 366 g/mol. The number of alkyl halides is 3. The Bertz CT molecular complexity index is 369. The summed E-state index contributed by atoms with van der Waals surface area (Å²) in [7, 11) is 3.16. The highest BCUT2D eigenvalue weighted by atomic mass is 19.4. The first kappa shape index (κ1) is 22.0. The van der Waals surface area contributed by atoms with Crippen LogP contribution in [0.2, 0.25) is 0 Å². The Hall–Kier alpha value is -1.02. The van der Waals surface area contributed by atoms with Crippen LogP contribution < -0.4 is 10.6 Å². The molecule has 5 nitrogen and oxygen atoms in total. The molecule has 0 atom stereocenters. The topological polar surface area (TPSA) is 48.9 Å². The van der Waals surface area contributed by atoms with E-state index >= 15 is 0 Å². The largest absolute Gasteiger partial charge is 0.401 e. The van der Waals surface area contributed by atoms with Gasteiger partial charge in [-0.25, -0.2) is 0 Å². The van der Waals surface area contributed by atoms with E-state index in [0.29, 0.717) is 44.7 Å². The minimum atomic E-state index is -4.14. The van der Waals surface area contributed by atoms with Crippen LogP contribution in [0.4, 0.5) is 13.2 Å². The standard InChI is InChI=1S/C17H33F3N4O/c1-21-16(22-10-7-12-24(2)14-17(18,19)20)23-11-13-25-15-8-5-3-4-6-9-15/h15H,3-14H2,1-2H3,(H2,21,22,23). The van der Waals surface area contributed by atoms with Crippen molar-refractivity contribution in [2.75, 3.05) is 46.9 Å². The number of ether oxygens (including phenoxy) is 1. The van der Waals surface area contributed by atoms with Gasteiger partial charge >= 0.3 is 6.18 Å². The van der Waals surface area contributed by atoms with Crippen molar-refractivity contribution < 1.29 is 17.9 Å². The van der Waals surface area contributed by atoms with Gasteiger partial charge in [-0.3, -0.25) is 9.89 Å². The first-order chi connectivity index (χ1) is 11.9. The summed E-state index contributed by atoms with van der Waals surface area (Å²) in [6, 6.07) is 0. The summed E-state index contributed by atoms with van der Waals surface area (Å²) in [5, 5.41) is 6.28. The Morgan fingerprint density at radius 2 is 1.76 bits per heavy atom. The van der Waals surface area contributed by atoms with Gasteiger partial charge in [0.15, 0.2) is 5.96 Å². The minimum Gasteiger partial charge on any atom is -0.376 e. The lowest BCUT2D eigenvalue weighted by atomic mass is 10.1. The summed E-state index contributed by atoms with van der Waals surface area (Å²) < 4.78 is 42.6. The van der Waals surface area contributed by atoms with E-state index < -0.39 is 12.7 Å². The third kappa shape index (κ3) is 12.0. The highest BCUT2D eigenvalue weighted by Crippen LogP contribution is 2.19. The van der Waals surface area contributed by atoms with Gasteiger partial charge in [-0.05, 0) is 32.9 Å². The van der Waals surface area contributed by atoms with Crippen molar-refractivity contribution in [2.45, 2.75) is 57.2 Å². The van der Waals surface area contributed by atoms with E-state index in [4.69, 9.17) is 4.74 Å². The molecule has 0 saturated heterocycles. The molecule has 0 bridgehead atoms. The smallest absolute Gasteiger partial charge is 0.376 e. The first-order valence-corrected chi connectivity index (χ1v) is 9.22. The second kappa shape index (κ2) is 12.4. The highest BCUT2D eigenvalue weighted by Gasteiger charge is 2.28. The molecule has 1 aliphatic carbocycles. The zero-order valence-corrected chi connectivity index (χ0v) is 15.5. The summed E-state index contributed by atoms with van der Waals surface area (Å²) in [5.41, 5.74) is 0. The molecule has 1 aliphatic rings. The molecule has 0 radical (unpaired) electrons. The Morgan fingerprint density at radius 1 is 1.12 bits per heavy atom. The molecule has 1 rings (SSSR count). The van der Waals surface area contributed by atoms with Gasteiger partial charge in [0.05, 0.1) is 19.3 Å². The second-order valence-corrected chi connectivity index (χ2v) is 6.62. The second-order valence-electron chi connectivity index (χ2n) is 6.62. The Morgan fingerprint density at radius 3 is 2.36 bits per heavy atom. The predicted molar refractivity (Wildman–Crippen MR) is 95.0 cm³/mol. The number of hydrogen-bond donors (Lipinski definition) is 2. The molecule has 0 aromatic carbocycles. The van der Waals surface area contributed by atoms with Gasteiger partial charge in [-0.15, -0.1) is 0 Å². The number of nitrogens with one attached hydrogen (secondary N) is 2. The molecule has 1 saturated carbocycles. The number of hydrogen-bond acceptors (Lipinski definition) is 3. The fourth-order valence-corrected chi connectivity index (χ4v) is 2.97. The Kier molecular flexibility index (Phi) is 10.9. The van der Waals surface area contributed by atoms with Gasteiger partial charge in [-0.2, -0.15) is 13.2 Å². The van der Waals surface area contributed by atoms with Crippen molar-refractivity contribution in [3.63, 3.8) is 0 Å². The average Bonchev–Trinajstić information content (AvgIpc) is 2.80. The Balaban J connectivity index is 2.06. The van der Waals surface area contributed by atoms with Crippen molar-refractivity contribution in [1.82, 2.24) is 15.5 Å². The Labute approximate surface area is 149 Å². The molecule has 0 heterocycles. The van der Waals surface area contributed by atoms with Gasteiger partial charge in [0, 0.05) is 20.1 Å². The third-order valence-electron chi connectivity index (χ3n) is 4.23. The van der Waals surface area contributed by atoms with Gasteiger partial charge in [0.25, 0.3) is 0 Å². The zero-order chi connectivity index (χ0) is 18.5. The molecular formula is C17H33F3N4O. The van der Waals surface area contributed by atoms with Crippen LogP contribution in [0.5, 0.6) is 0 Å². The fourth-order valence-electron chi connectivity index (χ4n) is 2.97. The molecule has 148 valence electrons. The molecule has 0 unspecified atom stereocenters. The van der Waals surface area contributed by atoms with E-state index in [-0.39, 0.29) is 0 Å². The van der Waals surface area contributed by atoms with E-state index in [1.165, 1.54) is 37.6 Å². The molecule has 0 aliphatic heterocycles. The van der Waals surface area contributed by atoms with Crippen LogP contribution in [-0.4, -0.2) is 70.0 Å². The molecule has 0 aromatic rings. The lowest BCUT2D eigenvalue weighted by Gasteiger charge is -2.19. The number of aliphatic imine (C=N–C) groups is 1. The van der Waals surface area contributed by atoms with Gasteiger partial charge in [0.1, 0.15) is 0 Å². The van der Waals surface area contributed by atoms with E-state index in [1.807, 2.05) is 0 Å². The van der Waals surface area contributed by atoms with Crippen LogP contribution >= 0.6 is 0 Å². The molecule has 8 heteroatoms. The maximum atomic E-state index is 12.2. The van der Waals surface area contributed by atoms with Crippen molar-refractivity contribution in [1.29, 1.82) is 0 Å². The maximum absolute atomic E-state index is 12.2. The van der Waals surface area contributed by atoms with Gasteiger partial charge < -0.3 is 15.4 Å². The molecule has 2 N–H and O–H groups in total. The van der Waals surface area contributed by atoms with Crippen LogP contribution in [0.3, 0.4) is 0 Å². The fraction of sp³-hybridized carbons (Fsp3) is 0.941. The van der Waals surface area contributed by atoms with E-state index in [2.05, 4.69) is 15.6 Å². The lowest BCUT2D eigenvalue weighted by molar-refractivity contribution is -0.143. The monoisotopic (exact) mass is 366 g/mol. The molecule has 0 aromatic heterocycles. The molecule has 1 fully saturated rings. The molecule has 0 spiro atoms. The van der Waals surface area contributed by atoms with Crippen molar-refractivity contribution >= 4 is 5.96 Å². The summed E-state index contributed by atoms with van der Waals surface area (Å²) in [5.74, 6) is 0.656. The van der Waals surface area contributed by atoms with Crippen molar-refractivity contribution in [3.05, 3.63) is 0 Å². The molecule has 25 heavy (non-hydrogen) atoms. The van der Waals surface area contributed by atoms with E-state index in [1.54, 1.807) is 7.05 Å². The van der Waals surface area contributed by atoms with Crippen molar-refractivity contribution in [3.8, 4) is 0 Å². The predicted octanol–water partition coefficient (Wildman–Crippen LogP) is 2.78. The molecule has 0 amide bonds. The van der Waals surface area contributed by atoms with Crippen molar-refractivity contribution in [2.24, 2.45) is 4.99 Å². The quantitative estimate of drug-likeness (QED) is 0.285. The first-order valence-electron chi connectivity index (χ1n) is 9.22. The highest BCUT2D eigenvalue weighted by molar-refractivity contribution is 5.79. The summed E-state index contributed by atoms with van der Waals surface area (Å²) in [6.07, 6.45) is 4.29. The maximum Gasteiger partial charge on any atom is 0.401 e. The summed E-state index contributed by atoms with van der Waals surface area (Å²) in [6.45, 7) is 1.39. The van der Waals surface area contributed by atoms with Crippen LogP contribution in [-0.2, 0) is 4.74 Å². The third-order valence-corrected chi connectivity index (χ3v) is 4.23.